The number of thiophene rings is 1. The molecule has 0 aromatic carbocycles. The lowest BCUT2D eigenvalue weighted by Crippen LogP contribution is -2.12. The molecule has 0 amide bonds. The average Bonchev–Trinajstić information content (AvgIpc) is 2.71. The van der Waals surface area contributed by atoms with Gasteiger partial charge in [-0.3, -0.25) is 4.79 Å². The molecule has 0 fully saturated rings. The minimum atomic E-state index is -0.834. The Morgan fingerprint density at radius 1 is 1.47 bits per heavy atom. The fourth-order valence-electron chi connectivity index (χ4n) is 1.48. The smallest absolute Gasteiger partial charge is 0.351 e. The number of hydrogen-bond donors (Lipinski definition) is 1. The zero-order valence-electron chi connectivity index (χ0n) is 9.84. The first-order valence-corrected chi connectivity index (χ1v) is 6.90. The molecule has 98 valence electrons. The normalized spacial score (nSPS) is 11.1. The fraction of sp³-hybridized carbons (Fsp3) is 0.0769. The molecule has 0 aliphatic heterocycles. The van der Waals surface area contributed by atoms with E-state index < -0.39 is 11.4 Å². The molecule has 2 heterocycles. The Kier molecular flexibility index (Phi) is 4.01. The number of carbonyl (C=O) groups is 1. The summed E-state index contributed by atoms with van der Waals surface area (Å²) in [5.74, 6) is -0.697. The van der Waals surface area contributed by atoms with Crippen LogP contribution in [0.15, 0.2) is 37.3 Å². The number of aryl methyl sites for hydroxylation is 1. The van der Waals surface area contributed by atoms with Crippen molar-refractivity contribution in [1.82, 2.24) is 0 Å². The van der Waals surface area contributed by atoms with Crippen LogP contribution in [0.1, 0.15) is 21.0 Å². The number of carbonyl (C=O) groups excluding carboxylic acids is 1. The van der Waals surface area contributed by atoms with Crippen molar-refractivity contribution in [2.24, 2.45) is 0 Å². The molecule has 0 radical (unpaired) electrons. The van der Waals surface area contributed by atoms with Gasteiger partial charge in [-0.1, -0.05) is 0 Å². The lowest BCUT2D eigenvalue weighted by atomic mass is 10.1. The van der Waals surface area contributed by atoms with Gasteiger partial charge in [-0.25, -0.2) is 4.79 Å². The summed E-state index contributed by atoms with van der Waals surface area (Å²) in [6.07, 6.45) is 2.82. The van der Waals surface area contributed by atoms with Crippen molar-refractivity contribution >= 4 is 39.1 Å². The third-order valence-corrected chi connectivity index (χ3v) is 3.88. The number of allylic oxidation sites excluding steroid dienone is 1. The van der Waals surface area contributed by atoms with Gasteiger partial charge < -0.3 is 9.52 Å². The van der Waals surface area contributed by atoms with E-state index in [2.05, 4.69) is 15.9 Å². The minimum Gasteiger partial charge on any atom is -0.507 e. The Bertz CT molecular complexity index is 712. The summed E-state index contributed by atoms with van der Waals surface area (Å²) in [5.41, 5.74) is -1.18. The van der Waals surface area contributed by atoms with Crippen molar-refractivity contribution in [3.05, 3.63) is 54.7 Å². The quantitative estimate of drug-likeness (QED) is 0.687. The molecular weight excluding hydrogens is 332 g/mol. The van der Waals surface area contributed by atoms with Crippen molar-refractivity contribution in [3.63, 3.8) is 0 Å². The number of halogens is 1. The van der Waals surface area contributed by atoms with Gasteiger partial charge in [-0.2, -0.15) is 0 Å². The van der Waals surface area contributed by atoms with Crippen molar-refractivity contribution < 1.29 is 14.3 Å². The molecule has 0 saturated carbocycles. The first kappa shape index (κ1) is 13.8. The molecular formula is C13H9BrO4S. The van der Waals surface area contributed by atoms with E-state index in [9.17, 15) is 14.7 Å². The Balaban J connectivity index is 2.31. The second kappa shape index (κ2) is 5.54. The van der Waals surface area contributed by atoms with Gasteiger partial charge in [0, 0.05) is 10.9 Å². The zero-order chi connectivity index (χ0) is 14.0. The maximum Gasteiger partial charge on any atom is 0.351 e. The highest BCUT2D eigenvalue weighted by Crippen LogP contribution is 2.23. The van der Waals surface area contributed by atoms with Gasteiger partial charge in [-0.15, -0.1) is 11.3 Å². The fourth-order valence-corrected chi connectivity index (χ4v) is 2.81. The van der Waals surface area contributed by atoms with Crippen LogP contribution >= 0.6 is 27.3 Å². The highest BCUT2D eigenvalue weighted by atomic mass is 79.9. The van der Waals surface area contributed by atoms with Crippen molar-refractivity contribution in [2.75, 3.05) is 0 Å². The predicted molar refractivity (Wildman–Crippen MR) is 76.8 cm³/mol. The van der Waals surface area contributed by atoms with Crippen LogP contribution in [-0.2, 0) is 0 Å². The SMILES string of the molecule is Cc1cc(O)c(C(=O)/C=C/c2ccc(Br)s2)c(=O)o1. The van der Waals surface area contributed by atoms with E-state index in [-0.39, 0.29) is 17.1 Å². The van der Waals surface area contributed by atoms with Gasteiger partial charge in [-0.05, 0) is 47.1 Å². The Morgan fingerprint density at radius 2 is 2.21 bits per heavy atom. The van der Waals surface area contributed by atoms with Crippen LogP contribution in [0.25, 0.3) is 6.08 Å². The first-order valence-electron chi connectivity index (χ1n) is 5.29. The maximum absolute atomic E-state index is 11.9. The third-order valence-electron chi connectivity index (χ3n) is 2.29. The molecule has 0 unspecified atom stereocenters. The third kappa shape index (κ3) is 3.21. The summed E-state index contributed by atoms with van der Waals surface area (Å²) in [6.45, 7) is 1.52. The van der Waals surface area contributed by atoms with Gasteiger partial charge in [0.25, 0.3) is 0 Å². The average molecular weight is 341 g/mol. The summed E-state index contributed by atoms with van der Waals surface area (Å²) >= 11 is 4.76. The van der Waals surface area contributed by atoms with E-state index in [0.717, 1.165) is 8.66 Å². The molecule has 0 spiro atoms. The standard InChI is InChI=1S/C13H9BrO4S/c1-7-6-10(16)12(13(17)18-7)9(15)4-2-8-3-5-11(14)19-8/h2-6,16H,1H3/b4-2+. The van der Waals surface area contributed by atoms with E-state index in [1.54, 1.807) is 6.08 Å². The largest absolute Gasteiger partial charge is 0.507 e. The van der Waals surface area contributed by atoms with E-state index in [0.29, 0.717) is 0 Å². The molecule has 1 N–H and O–H groups in total. The molecule has 0 aliphatic carbocycles. The topological polar surface area (TPSA) is 67.5 Å². The lowest BCUT2D eigenvalue weighted by Gasteiger charge is -1.99. The van der Waals surface area contributed by atoms with Crippen molar-refractivity contribution in [1.29, 1.82) is 0 Å². The Morgan fingerprint density at radius 3 is 2.79 bits per heavy atom. The molecule has 6 heteroatoms. The van der Waals surface area contributed by atoms with Gasteiger partial charge in [0.05, 0.1) is 3.79 Å². The molecule has 0 atom stereocenters. The van der Waals surface area contributed by atoms with E-state index in [1.165, 1.54) is 30.4 Å². The van der Waals surface area contributed by atoms with Gasteiger partial charge in [0.1, 0.15) is 17.1 Å². The summed E-state index contributed by atoms with van der Waals surface area (Å²) < 4.78 is 5.73. The molecule has 0 saturated heterocycles. The summed E-state index contributed by atoms with van der Waals surface area (Å²) in [6, 6.07) is 4.92. The monoisotopic (exact) mass is 340 g/mol. The number of ketones is 1. The van der Waals surface area contributed by atoms with Crippen LogP contribution in [0.5, 0.6) is 5.75 Å². The van der Waals surface area contributed by atoms with Gasteiger partial charge in [0.2, 0.25) is 0 Å². The molecule has 2 aromatic rings. The molecule has 4 nitrogen and oxygen atoms in total. The molecule has 2 aromatic heterocycles. The van der Waals surface area contributed by atoms with Crippen LogP contribution in [-0.4, -0.2) is 10.9 Å². The molecule has 19 heavy (non-hydrogen) atoms. The number of aromatic hydroxyl groups is 1. The minimum absolute atomic E-state index is 0.255. The zero-order valence-corrected chi connectivity index (χ0v) is 12.2. The summed E-state index contributed by atoms with van der Waals surface area (Å²) in [5, 5.41) is 9.62. The van der Waals surface area contributed by atoms with Crippen molar-refractivity contribution in [3.8, 4) is 5.75 Å². The second-order valence-electron chi connectivity index (χ2n) is 3.74. The van der Waals surface area contributed by atoms with Gasteiger partial charge >= 0.3 is 5.63 Å². The van der Waals surface area contributed by atoms with Crippen LogP contribution in [0, 0.1) is 6.92 Å². The van der Waals surface area contributed by atoms with E-state index in [1.807, 2.05) is 12.1 Å². The van der Waals surface area contributed by atoms with Crippen LogP contribution in [0.3, 0.4) is 0 Å². The van der Waals surface area contributed by atoms with Crippen LogP contribution < -0.4 is 5.63 Å². The Labute approximate surface area is 121 Å². The number of rotatable bonds is 3. The second-order valence-corrected chi connectivity index (χ2v) is 6.24. The highest BCUT2D eigenvalue weighted by molar-refractivity contribution is 9.11. The van der Waals surface area contributed by atoms with E-state index in [4.69, 9.17) is 4.42 Å². The highest BCUT2D eigenvalue weighted by Gasteiger charge is 2.15. The maximum atomic E-state index is 11.9. The van der Waals surface area contributed by atoms with Crippen molar-refractivity contribution in [2.45, 2.75) is 6.92 Å². The van der Waals surface area contributed by atoms with Crippen LogP contribution in [0.4, 0.5) is 0 Å². The summed E-state index contributed by atoms with van der Waals surface area (Å²) in [7, 11) is 0. The van der Waals surface area contributed by atoms with Gasteiger partial charge in [0.15, 0.2) is 5.78 Å². The predicted octanol–water partition coefficient (Wildman–Crippen LogP) is 3.37. The summed E-state index contributed by atoms with van der Waals surface area (Å²) in [4.78, 5) is 24.3. The van der Waals surface area contributed by atoms with Crippen LogP contribution in [0.2, 0.25) is 0 Å². The number of hydrogen-bond acceptors (Lipinski definition) is 5. The molecule has 0 aliphatic rings. The Hall–Kier alpha value is -1.66. The first-order chi connectivity index (χ1) is 8.97. The molecule has 0 bridgehead atoms. The molecule has 2 rings (SSSR count). The van der Waals surface area contributed by atoms with E-state index >= 15 is 0 Å². The lowest BCUT2D eigenvalue weighted by molar-refractivity contribution is 0.104.